The van der Waals surface area contributed by atoms with Crippen LogP contribution in [0.1, 0.15) is 5.56 Å². The van der Waals surface area contributed by atoms with Gasteiger partial charge in [0.1, 0.15) is 6.04 Å². The fourth-order valence-corrected chi connectivity index (χ4v) is 2.05. The molecule has 1 aromatic rings. The van der Waals surface area contributed by atoms with Gasteiger partial charge < -0.3 is 9.80 Å². The first-order valence-corrected chi connectivity index (χ1v) is 5.64. The molecule has 1 heterocycles. The van der Waals surface area contributed by atoms with Crippen molar-refractivity contribution in [3.8, 4) is 0 Å². The fraction of sp³-hybridized carbons (Fsp3) is 0.385. The van der Waals surface area contributed by atoms with Crippen molar-refractivity contribution in [3.63, 3.8) is 0 Å². The van der Waals surface area contributed by atoms with Gasteiger partial charge in [-0.2, -0.15) is 0 Å². The van der Waals surface area contributed by atoms with E-state index in [1.54, 1.807) is 19.0 Å². The van der Waals surface area contributed by atoms with Crippen LogP contribution in [0.15, 0.2) is 30.3 Å². The number of piperazine rings is 1. The maximum absolute atomic E-state index is 12.0. The molecule has 0 aliphatic carbocycles. The van der Waals surface area contributed by atoms with Gasteiger partial charge >= 0.3 is 0 Å². The van der Waals surface area contributed by atoms with E-state index >= 15 is 0 Å². The summed E-state index contributed by atoms with van der Waals surface area (Å²) in [5, 5.41) is 0. The highest BCUT2D eigenvalue weighted by molar-refractivity contribution is 5.94. The van der Waals surface area contributed by atoms with Crippen molar-refractivity contribution in [1.82, 2.24) is 9.80 Å². The van der Waals surface area contributed by atoms with E-state index in [1.807, 2.05) is 30.3 Å². The average Bonchev–Trinajstić information content (AvgIpc) is 2.33. The van der Waals surface area contributed by atoms with Crippen LogP contribution in [0.25, 0.3) is 0 Å². The summed E-state index contributed by atoms with van der Waals surface area (Å²) < 4.78 is 0. The van der Waals surface area contributed by atoms with Crippen molar-refractivity contribution < 1.29 is 9.59 Å². The van der Waals surface area contributed by atoms with Gasteiger partial charge in [-0.25, -0.2) is 0 Å². The van der Waals surface area contributed by atoms with E-state index in [4.69, 9.17) is 0 Å². The molecule has 2 rings (SSSR count). The summed E-state index contributed by atoms with van der Waals surface area (Å²) in [5.74, 6) is 0.00369. The van der Waals surface area contributed by atoms with Crippen LogP contribution < -0.4 is 0 Å². The molecule has 17 heavy (non-hydrogen) atoms. The molecule has 0 aromatic heterocycles. The SMILES string of the molecule is CN1CC(=O)N(C)[C@@H](Cc2ccccc2)C1=O. The zero-order valence-corrected chi connectivity index (χ0v) is 10.1. The second kappa shape index (κ2) is 4.57. The standard InChI is InChI=1S/C13H16N2O2/c1-14-9-12(16)15(2)11(13(14)17)8-10-6-4-3-5-7-10/h3-7,11H,8-9H2,1-2H3/t11-/m0/s1. The van der Waals surface area contributed by atoms with Crippen LogP contribution in [0.2, 0.25) is 0 Å². The molecule has 1 aliphatic rings. The Balaban J connectivity index is 2.18. The third-order valence-electron chi connectivity index (χ3n) is 3.17. The first-order valence-electron chi connectivity index (χ1n) is 5.64. The van der Waals surface area contributed by atoms with Crippen molar-refractivity contribution in [2.24, 2.45) is 0 Å². The van der Waals surface area contributed by atoms with Crippen LogP contribution in [0.3, 0.4) is 0 Å². The summed E-state index contributed by atoms with van der Waals surface area (Å²) in [4.78, 5) is 26.7. The number of hydrogen-bond acceptors (Lipinski definition) is 2. The predicted molar refractivity (Wildman–Crippen MR) is 64.3 cm³/mol. The highest BCUT2D eigenvalue weighted by Crippen LogP contribution is 2.14. The van der Waals surface area contributed by atoms with E-state index in [0.29, 0.717) is 6.42 Å². The number of carbonyl (C=O) groups is 2. The Labute approximate surface area is 101 Å². The Kier molecular flexibility index (Phi) is 3.13. The highest BCUT2D eigenvalue weighted by atomic mass is 16.2. The van der Waals surface area contributed by atoms with Crippen molar-refractivity contribution in [2.75, 3.05) is 20.6 Å². The summed E-state index contributed by atoms with van der Waals surface area (Å²) in [5.41, 5.74) is 1.07. The summed E-state index contributed by atoms with van der Waals surface area (Å²) >= 11 is 0. The lowest BCUT2D eigenvalue weighted by Gasteiger charge is -2.36. The van der Waals surface area contributed by atoms with Crippen LogP contribution in [-0.2, 0) is 16.0 Å². The molecule has 0 bridgehead atoms. The molecule has 1 fully saturated rings. The maximum Gasteiger partial charge on any atom is 0.245 e. The Hall–Kier alpha value is -1.84. The van der Waals surface area contributed by atoms with E-state index in [0.717, 1.165) is 5.56 Å². The first kappa shape index (κ1) is 11.6. The van der Waals surface area contributed by atoms with Gasteiger partial charge in [0.25, 0.3) is 0 Å². The molecule has 1 saturated heterocycles. The average molecular weight is 232 g/mol. The molecule has 0 radical (unpaired) electrons. The third kappa shape index (κ3) is 2.30. The number of benzene rings is 1. The molecule has 0 unspecified atom stereocenters. The smallest absolute Gasteiger partial charge is 0.245 e. The van der Waals surface area contributed by atoms with Gasteiger partial charge in [-0.15, -0.1) is 0 Å². The first-order chi connectivity index (χ1) is 8.09. The summed E-state index contributed by atoms with van der Waals surface area (Å²) in [7, 11) is 3.37. The normalized spacial score (nSPS) is 20.9. The number of hydrogen-bond donors (Lipinski definition) is 0. The molecule has 0 saturated carbocycles. The molecule has 2 amide bonds. The van der Waals surface area contributed by atoms with Crippen LogP contribution in [0.5, 0.6) is 0 Å². The molecule has 1 atom stereocenters. The number of carbonyl (C=O) groups excluding carboxylic acids is 2. The van der Waals surface area contributed by atoms with E-state index in [9.17, 15) is 9.59 Å². The molecule has 0 N–H and O–H groups in total. The lowest BCUT2D eigenvalue weighted by atomic mass is 10.0. The van der Waals surface area contributed by atoms with E-state index in [1.165, 1.54) is 4.90 Å². The van der Waals surface area contributed by atoms with Gasteiger partial charge in [-0.1, -0.05) is 30.3 Å². The van der Waals surface area contributed by atoms with E-state index in [2.05, 4.69) is 0 Å². The third-order valence-corrected chi connectivity index (χ3v) is 3.17. The van der Waals surface area contributed by atoms with Crippen LogP contribution in [0.4, 0.5) is 0 Å². The molecule has 90 valence electrons. The minimum atomic E-state index is -0.372. The minimum absolute atomic E-state index is 0.00645. The van der Waals surface area contributed by atoms with Crippen molar-refractivity contribution in [1.29, 1.82) is 0 Å². The fourth-order valence-electron chi connectivity index (χ4n) is 2.05. The summed E-state index contributed by atoms with van der Waals surface area (Å²) in [6.45, 7) is 0.181. The van der Waals surface area contributed by atoms with E-state index < -0.39 is 0 Å². The lowest BCUT2D eigenvalue weighted by molar-refractivity contribution is -0.152. The molecular weight excluding hydrogens is 216 g/mol. The largest absolute Gasteiger partial charge is 0.335 e. The monoisotopic (exact) mass is 232 g/mol. The minimum Gasteiger partial charge on any atom is -0.335 e. The van der Waals surface area contributed by atoms with Crippen LogP contribution >= 0.6 is 0 Å². The summed E-state index contributed by atoms with van der Waals surface area (Å²) in [6, 6.07) is 9.39. The zero-order chi connectivity index (χ0) is 12.4. The molecular formula is C13H16N2O2. The number of amides is 2. The van der Waals surface area contributed by atoms with Gasteiger partial charge in [0.15, 0.2) is 0 Å². The van der Waals surface area contributed by atoms with Gasteiger partial charge in [-0.05, 0) is 5.56 Å². The number of rotatable bonds is 2. The molecule has 4 nitrogen and oxygen atoms in total. The van der Waals surface area contributed by atoms with Gasteiger partial charge in [0.05, 0.1) is 6.54 Å². The molecule has 4 heteroatoms. The lowest BCUT2D eigenvalue weighted by Crippen LogP contribution is -2.57. The van der Waals surface area contributed by atoms with Crippen molar-refractivity contribution in [3.05, 3.63) is 35.9 Å². The van der Waals surface area contributed by atoms with Crippen molar-refractivity contribution >= 4 is 11.8 Å². The van der Waals surface area contributed by atoms with Crippen LogP contribution in [-0.4, -0.2) is 48.3 Å². The molecule has 1 aliphatic heterocycles. The maximum atomic E-state index is 12.0. The molecule has 1 aromatic carbocycles. The van der Waals surface area contributed by atoms with Gasteiger partial charge in [0.2, 0.25) is 11.8 Å². The second-order valence-electron chi connectivity index (χ2n) is 4.40. The number of nitrogens with zero attached hydrogens (tertiary/aromatic N) is 2. The Morgan fingerprint density at radius 1 is 1.18 bits per heavy atom. The quantitative estimate of drug-likeness (QED) is 0.746. The Bertz CT molecular complexity index is 430. The van der Waals surface area contributed by atoms with Gasteiger partial charge in [-0.3, -0.25) is 9.59 Å². The predicted octanol–water partition coefficient (Wildman–Crippen LogP) is 0.528. The highest BCUT2D eigenvalue weighted by Gasteiger charge is 2.35. The topological polar surface area (TPSA) is 40.6 Å². The summed E-state index contributed by atoms with van der Waals surface area (Å²) in [6.07, 6.45) is 0.576. The van der Waals surface area contributed by atoms with Crippen molar-refractivity contribution in [2.45, 2.75) is 12.5 Å². The van der Waals surface area contributed by atoms with Gasteiger partial charge in [0, 0.05) is 20.5 Å². The Morgan fingerprint density at radius 2 is 1.82 bits per heavy atom. The van der Waals surface area contributed by atoms with E-state index in [-0.39, 0.29) is 24.4 Å². The number of likely N-dealkylation sites (N-methyl/N-ethyl adjacent to an activating group) is 2. The molecule has 0 spiro atoms. The zero-order valence-electron chi connectivity index (χ0n) is 10.1. The second-order valence-corrected chi connectivity index (χ2v) is 4.40. The van der Waals surface area contributed by atoms with Crippen LogP contribution in [0, 0.1) is 0 Å². The Morgan fingerprint density at radius 3 is 2.47 bits per heavy atom.